The molecule has 23 heavy (non-hydrogen) atoms. The normalized spacial score (nSPS) is 17.3. The number of aryl methyl sites for hydroxylation is 2. The molecule has 0 radical (unpaired) electrons. The van der Waals surface area contributed by atoms with Gasteiger partial charge in [0.25, 0.3) is 0 Å². The largest absolute Gasteiger partial charge is 0.389 e. The van der Waals surface area contributed by atoms with Crippen molar-refractivity contribution in [3.63, 3.8) is 0 Å². The molecule has 0 amide bonds. The van der Waals surface area contributed by atoms with Gasteiger partial charge in [0, 0.05) is 13.1 Å². The number of benzene rings is 1. The van der Waals surface area contributed by atoms with Gasteiger partial charge < -0.3 is 10.4 Å². The number of nitrogens with zero attached hydrogens (tertiary/aromatic N) is 3. The minimum atomic E-state index is -0.561. The lowest BCUT2D eigenvalue weighted by molar-refractivity contribution is 0.0319. The number of hydrogen-bond donors (Lipinski definition) is 2. The molecule has 0 spiro atoms. The molecule has 1 aromatic heterocycles. The van der Waals surface area contributed by atoms with E-state index in [0.717, 1.165) is 35.7 Å². The van der Waals surface area contributed by atoms with E-state index in [0.29, 0.717) is 13.1 Å². The molecule has 1 fully saturated rings. The van der Waals surface area contributed by atoms with Crippen molar-refractivity contribution in [2.75, 3.05) is 18.1 Å². The Labute approximate surface area is 141 Å². The van der Waals surface area contributed by atoms with E-state index in [1.807, 2.05) is 11.8 Å². The maximum Gasteiger partial charge on any atom is 0.0969 e. The fourth-order valence-corrected chi connectivity index (χ4v) is 4.17. The van der Waals surface area contributed by atoms with Crippen molar-refractivity contribution < 1.29 is 5.11 Å². The summed E-state index contributed by atoms with van der Waals surface area (Å²) < 4.78 is 0. The summed E-state index contributed by atoms with van der Waals surface area (Å²) in [4.78, 5) is 1.67. The first-order valence-electron chi connectivity index (χ1n) is 8.05. The second-order valence-corrected chi connectivity index (χ2v) is 7.64. The van der Waals surface area contributed by atoms with Crippen LogP contribution in [0, 0.1) is 13.8 Å². The fraction of sp³-hybridized carbons (Fsp3) is 0.529. The van der Waals surface area contributed by atoms with Crippen molar-refractivity contribution in [2.24, 2.45) is 0 Å². The summed E-state index contributed by atoms with van der Waals surface area (Å²) in [6.45, 7) is 5.39. The quantitative estimate of drug-likeness (QED) is 0.879. The number of rotatable bonds is 5. The predicted octanol–water partition coefficient (Wildman–Crippen LogP) is 2.23. The van der Waals surface area contributed by atoms with Gasteiger partial charge in [-0.15, -0.1) is 0 Å². The summed E-state index contributed by atoms with van der Waals surface area (Å²) in [5.74, 6) is 2.09. The van der Waals surface area contributed by atoms with Crippen LogP contribution in [0.3, 0.4) is 0 Å². The van der Waals surface area contributed by atoms with Crippen LogP contribution >= 0.6 is 11.8 Å². The molecular formula is C17H24N4OS. The Balaban J connectivity index is 1.59. The number of thioether (sulfide) groups is 1. The second kappa shape index (κ2) is 7.03. The van der Waals surface area contributed by atoms with Gasteiger partial charge in [0.2, 0.25) is 0 Å². The maximum absolute atomic E-state index is 10.5. The van der Waals surface area contributed by atoms with E-state index in [4.69, 9.17) is 0 Å². The molecule has 0 unspecified atom stereocenters. The van der Waals surface area contributed by atoms with Gasteiger partial charge in [0.1, 0.15) is 0 Å². The summed E-state index contributed by atoms with van der Waals surface area (Å²) >= 11 is 1.92. The Bertz CT molecular complexity index is 644. The van der Waals surface area contributed by atoms with E-state index in [1.54, 1.807) is 11.0 Å². The number of aliphatic hydroxyl groups is 1. The van der Waals surface area contributed by atoms with E-state index >= 15 is 0 Å². The van der Waals surface area contributed by atoms with Gasteiger partial charge in [-0.25, -0.2) is 0 Å². The standard InChI is InChI=1S/C17H24N4OS/c1-13-7-14(2)9-16(8-13)21-19-11-15(20-21)10-18-12-17(22)3-5-23-6-4-17/h7-9,11,18,22H,3-6,10,12H2,1-2H3. The molecular weight excluding hydrogens is 308 g/mol. The lowest BCUT2D eigenvalue weighted by Gasteiger charge is -2.31. The van der Waals surface area contributed by atoms with Crippen molar-refractivity contribution >= 4 is 11.8 Å². The van der Waals surface area contributed by atoms with Gasteiger partial charge in [0.05, 0.1) is 23.2 Å². The zero-order valence-corrected chi connectivity index (χ0v) is 14.6. The number of aromatic nitrogens is 3. The zero-order valence-electron chi connectivity index (χ0n) is 13.7. The van der Waals surface area contributed by atoms with E-state index in [9.17, 15) is 5.11 Å². The first kappa shape index (κ1) is 16.5. The summed E-state index contributed by atoms with van der Waals surface area (Å²) in [7, 11) is 0. The molecule has 0 atom stereocenters. The van der Waals surface area contributed by atoms with Crippen LogP contribution in [0.2, 0.25) is 0 Å². The van der Waals surface area contributed by atoms with E-state index in [2.05, 4.69) is 47.6 Å². The third-order valence-corrected chi connectivity index (χ3v) is 5.15. The summed E-state index contributed by atoms with van der Waals surface area (Å²) in [5, 5.41) is 22.7. The Hall–Kier alpha value is -1.37. The minimum absolute atomic E-state index is 0.561. The predicted molar refractivity (Wildman–Crippen MR) is 94.0 cm³/mol. The molecule has 1 aliphatic heterocycles. The second-order valence-electron chi connectivity index (χ2n) is 6.41. The Kier molecular flexibility index (Phi) is 5.04. The molecule has 2 heterocycles. The lowest BCUT2D eigenvalue weighted by Crippen LogP contribution is -2.43. The molecule has 0 saturated carbocycles. The molecule has 3 rings (SSSR count). The lowest BCUT2D eigenvalue weighted by atomic mass is 9.97. The van der Waals surface area contributed by atoms with Crippen molar-refractivity contribution in [3.05, 3.63) is 41.2 Å². The molecule has 2 aromatic rings. The molecule has 1 aliphatic rings. The molecule has 2 N–H and O–H groups in total. The van der Waals surface area contributed by atoms with Crippen LogP contribution in [0.1, 0.15) is 29.7 Å². The number of hydrogen-bond acceptors (Lipinski definition) is 5. The molecule has 0 aliphatic carbocycles. The van der Waals surface area contributed by atoms with Crippen LogP contribution in [-0.2, 0) is 6.54 Å². The van der Waals surface area contributed by atoms with Crippen LogP contribution in [0.15, 0.2) is 24.4 Å². The highest BCUT2D eigenvalue weighted by atomic mass is 32.2. The number of nitrogens with one attached hydrogen (secondary N) is 1. The molecule has 0 bridgehead atoms. The fourth-order valence-electron chi connectivity index (χ4n) is 2.92. The minimum Gasteiger partial charge on any atom is -0.389 e. The van der Waals surface area contributed by atoms with E-state index < -0.39 is 5.60 Å². The SMILES string of the molecule is Cc1cc(C)cc(-n2ncc(CNCC3(O)CCSCC3)n2)c1. The third kappa shape index (κ3) is 4.34. The zero-order chi connectivity index (χ0) is 16.3. The van der Waals surface area contributed by atoms with Crippen LogP contribution in [0.25, 0.3) is 5.69 Å². The first-order chi connectivity index (χ1) is 11.0. The van der Waals surface area contributed by atoms with Gasteiger partial charge >= 0.3 is 0 Å². The summed E-state index contributed by atoms with van der Waals surface area (Å²) in [6.07, 6.45) is 3.51. The summed E-state index contributed by atoms with van der Waals surface area (Å²) in [6, 6.07) is 6.29. The molecule has 1 aromatic carbocycles. The van der Waals surface area contributed by atoms with Crippen LogP contribution in [0.5, 0.6) is 0 Å². The van der Waals surface area contributed by atoms with Crippen molar-refractivity contribution in [1.29, 1.82) is 0 Å². The third-order valence-electron chi connectivity index (χ3n) is 4.16. The van der Waals surface area contributed by atoms with Crippen molar-refractivity contribution in [1.82, 2.24) is 20.3 Å². The Morgan fingerprint density at radius 3 is 2.61 bits per heavy atom. The van der Waals surface area contributed by atoms with Crippen LogP contribution in [-0.4, -0.2) is 43.8 Å². The van der Waals surface area contributed by atoms with Crippen molar-refractivity contribution in [3.8, 4) is 5.69 Å². The molecule has 5 nitrogen and oxygen atoms in total. The topological polar surface area (TPSA) is 63.0 Å². The highest BCUT2D eigenvalue weighted by molar-refractivity contribution is 7.99. The molecule has 6 heteroatoms. The molecule has 1 saturated heterocycles. The highest BCUT2D eigenvalue weighted by Gasteiger charge is 2.28. The Morgan fingerprint density at radius 1 is 1.22 bits per heavy atom. The van der Waals surface area contributed by atoms with Crippen LogP contribution in [0.4, 0.5) is 0 Å². The monoisotopic (exact) mass is 332 g/mol. The summed E-state index contributed by atoms with van der Waals surface area (Å²) in [5.41, 5.74) is 3.72. The molecule has 124 valence electrons. The van der Waals surface area contributed by atoms with Gasteiger partial charge in [-0.2, -0.15) is 26.8 Å². The van der Waals surface area contributed by atoms with Gasteiger partial charge in [-0.05, 0) is 61.5 Å². The smallest absolute Gasteiger partial charge is 0.0969 e. The average molecular weight is 332 g/mol. The Morgan fingerprint density at radius 2 is 1.91 bits per heavy atom. The first-order valence-corrected chi connectivity index (χ1v) is 9.20. The highest BCUT2D eigenvalue weighted by Crippen LogP contribution is 2.26. The van der Waals surface area contributed by atoms with E-state index in [-0.39, 0.29) is 0 Å². The van der Waals surface area contributed by atoms with E-state index in [1.165, 1.54) is 11.1 Å². The van der Waals surface area contributed by atoms with Gasteiger partial charge in [-0.1, -0.05) is 6.07 Å². The van der Waals surface area contributed by atoms with Gasteiger partial charge in [0.15, 0.2) is 0 Å². The van der Waals surface area contributed by atoms with Crippen LogP contribution < -0.4 is 5.32 Å². The average Bonchev–Trinajstić information content (AvgIpc) is 2.96. The van der Waals surface area contributed by atoms with Gasteiger partial charge in [-0.3, -0.25) is 0 Å². The van der Waals surface area contributed by atoms with Crippen molar-refractivity contribution in [2.45, 2.75) is 38.8 Å². The maximum atomic E-state index is 10.5.